The van der Waals surface area contributed by atoms with Crippen LogP contribution < -0.4 is 10.5 Å². The van der Waals surface area contributed by atoms with Crippen molar-refractivity contribution in [3.8, 4) is 22.9 Å². The molecule has 2 bridgehead atoms. The average molecular weight is 470 g/mol. The van der Waals surface area contributed by atoms with Gasteiger partial charge in [-0.1, -0.05) is 6.07 Å². The van der Waals surface area contributed by atoms with Gasteiger partial charge in [0.25, 0.3) is 0 Å². The van der Waals surface area contributed by atoms with Crippen molar-refractivity contribution in [2.75, 3.05) is 19.6 Å². The maximum atomic E-state index is 12.2. The van der Waals surface area contributed by atoms with Crippen LogP contribution in [0.5, 0.6) is 11.6 Å². The van der Waals surface area contributed by atoms with E-state index in [1.54, 1.807) is 12.4 Å². The summed E-state index contributed by atoms with van der Waals surface area (Å²) in [5, 5.41) is 7.91. The lowest BCUT2D eigenvalue weighted by molar-refractivity contribution is -0.135. The number of likely N-dealkylation sites (tertiary alicyclic amines) is 1. The Kier molecular flexibility index (Phi) is 5.63. The maximum Gasteiger partial charge on any atom is 0.236 e. The van der Waals surface area contributed by atoms with Gasteiger partial charge in [-0.2, -0.15) is 5.10 Å². The first kappa shape index (κ1) is 21.7. The number of nitrogens with two attached hydrogens (primary N) is 1. The molecule has 2 aliphatic rings. The van der Waals surface area contributed by atoms with E-state index in [2.05, 4.69) is 32.2 Å². The van der Waals surface area contributed by atoms with Crippen LogP contribution in [0, 0.1) is 0 Å². The van der Waals surface area contributed by atoms with Crippen LogP contribution in [-0.2, 0) is 11.3 Å². The quantitative estimate of drug-likeness (QED) is 0.446. The number of carbonyl (C=O) groups excluding carboxylic acids is 1. The highest BCUT2D eigenvalue weighted by molar-refractivity contribution is 5.80. The Morgan fingerprint density at radius 1 is 1.09 bits per heavy atom. The largest absolute Gasteiger partial charge is 0.439 e. The molecule has 2 saturated heterocycles. The predicted octanol–water partition coefficient (Wildman–Crippen LogP) is 2.95. The number of rotatable bonds is 6. The van der Waals surface area contributed by atoms with Gasteiger partial charge in [0.1, 0.15) is 5.75 Å². The number of pyridine rings is 2. The number of amides is 1. The van der Waals surface area contributed by atoms with Gasteiger partial charge < -0.3 is 15.4 Å². The smallest absolute Gasteiger partial charge is 0.236 e. The summed E-state index contributed by atoms with van der Waals surface area (Å²) in [4.78, 5) is 25.9. The molecule has 2 aliphatic heterocycles. The van der Waals surface area contributed by atoms with Gasteiger partial charge in [0, 0.05) is 61.1 Å². The molecule has 1 aromatic carbocycles. The Labute approximate surface area is 202 Å². The Hall–Kier alpha value is -3.82. The van der Waals surface area contributed by atoms with Gasteiger partial charge in [0.2, 0.25) is 11.8 Å². The van der Waals surface area contributed by atoms with E-state index < -0.39 is 0 Å². The molecule has 6 rings (SSSR count). The number of carbonyl (C=O) groups is 1. The van der Waals surface area contributed by atoms with Crippen molar-refractivity contribution >= 4 is 16.8 Å². The van der Waals surface area contributed by atoms with Crippen molar-refractivity contribution < 1.29 is 9.53 Å². The van der Waals surface area contributed by atoms with Crippen LogP contribution in [0.4, 0.5) is 0 Å². The zero-order chi connectivity index (χ0) is 23.8. The molecular formula is C26H27N7O2. The topological polar surface area (TPSA) is 113 Å². The molecule has 1 amide bonds. The number of piperazine rings is 1. The van der Waals surface area contributed by atoms with E-state index in [9.17, 15) is 4.79 Å². The number of fused-ring (bicyclic) bond motifs is 3. The van der Waals surface area contributed by atoms with Crippen molar-refractivity contribution in [3.05, 3.63) is 66.6 Å². The minimum Gasteiger partial charge on any atom is -0.439 e. The Balaban J connectivity index is 1.12. The fraction of sp³-hybridized carbons (Fsp3) is 0.308. The molecule has 5 heterocycles. The van der Waals surface area contributed by atoms with Crippen LogP contribution in [0.25, 0.3) is 22.2 Å². The normalized spacial score (nSPS) is 19.9. The Bertz CT molecular complexity index is 1330. The minimum atomic E-state index is 0.0722. The molecule has 2 atom stereocenters. The number of nitrogens with one attached hydrogen (secondary N) is 1. The van der Waals surface area contributed by atoms with E-state index in [1.807, 2.05) is 41.3 Å². The second-order valence-electron chi connectivity index (χ2n) is 9.20. The van der Waals surface area contributed by atoms with E-state index in [0.29, 0.717) is 11.6 Å². The van der Waals surface area contributed by atoms with Crippen LogP contribution in [-0.4, -0.2) is 67.6 Å². The molecule has 4 aromatic rings. The third kappa shape index (κ3) is 4.36. The van der Waals surface area contributed by atoms with Crippen LogP contribution in [0.15, 0.2) is 60.9 Å². The first-order chi connectivity index (χ1) is 17.2. The van der Waals surface area contributed by atoms with Crippen LogP contribution in [0.2, 0.25) is 0 Å². The van der Waals surface area contributed by atoms with E-state index >= 15 is 0 Å². The van der Waals surface area contributed by atoms with Crippen molar-refractivity contribution in [1.82, 2.24) is 30.0 Å². The van der Waals surface area contributed by atoms with Crippen molar-refractivity contribution in [3.63, 3.8) is 0 Å². The highest BCUT2D eigenvalue weighted by atomic mass is 16.5. The molecule has 9 heteroatoms. The molecular weight excluding hydrogens is 442 g/mol. The fourth-order valence-electron chi connectivity index (χ4n) is 5.30. The van der Waals surface area contributed by atoms with Crippen molar-refractivity contribution in [2.24, 2.45) is 5.73 Å². The average Bonchev–Trinajstić information content (AvgIpc) is 3.51. The summed E-state index contributed by atoms with van der Waals surface area (Å²) in [6.07, 6.45) is 5.59. The summed E-state index contributed by atoms with van der Waals surface area (Å²) in [6.45, 7) is 2.62. The number of benzene rings is 1. The lowest BCUT2D eigenvalue weighted by Crippen LogP contribution is -2.56. The van der Waals surface area contributed by atoms with Gasteiger partial charge in [0.15, 0.2) is 0 Å². The van der Waals surface area contributed by atoms with Gasteiger partial charge >= 0.3 is 0 Å². The van der Waals surface area contributed by atoms with Gasteiger partial charge in [-0.15, -0.1) is 0 Å². The second kappa shape index (κ2) is 9.09. The Morgan fingerprint density at radius 3 is 2.66 bits per heavy atom. The number of nitrogens with zero attached hydrogens (tertiary/aromatic N) is 5. The number of hydrogen-bond donors (Lipinski definition) is 2. The highest BCUT2D eigenvalue weighted by Crippen LogP contribution is 2.31. The monoisotopic (exact) mass is 469 g/mol. The molecule has 178 valence electrons. The molecule has 35 heavy (non-hydrogen) atoms. The number of aromatic amines is 1. The lowest BCUT2D eigenvalue weighted by Gasteiger charge is -2.40. The van der Waals surface area contributed by atoms with Gasteiger partial charge in [-0.05, 0) is 49.2 Å². The molecule has 0 spiro atoms. The summed E-state index contributed by atoms with van der Waals surface area (Å²) in [5.74, 6) is 1.31. The zero-order valence-corrected chi connectivity index (χ0v) is 19.3. The third-order valence-electron chi connectivity index (χ3n) is 6.89. The van der Waals surface area contributed by atoms with Crippen molar-refractivity contribution in [1.29, 1.82) is 0 Å². The standard InChI is InChI=1S/C26H27N7O2/c27-12-26(34)33-20-4-5-21(33)16-32(15-20)14-19-3-1-17-11-22(6-7-23(17)30-19)35-25-8-2-18(13-28-25)24-9-10-29-31-24/h1-3,6-11,13,20-21H,4-5,12,14-16,27H2,(H,29,31). The molecule has 0 saturated carbocycles. The molecule has 2 unspecified atom stereocenters. The summed E-state index contributed by atoms with van der Waals surface area (Å²) in [7, 11) is 0. The van der Waals surface area contributed by atoms with Gasteiger partial charge in [0.05, 0.1) is 23.4 Å². The van der Waals surface area contributed by atoms with E-state index in [1.165, 1.54) is 0 Å². The third-order valence-corrected chi connectivity index (χ3v) is 6.89. The molecule has 3 N–H and O–H groups in total. The van der Waals surface area contributed by atoms with Crippen LogP contribution in [0.3, 0.4) is 0 Å². The molecule has 3 aromatic heterocycles. The zero-order valence-electron chi connectivity index (χ0n) is 19.3. The van der Waals surface area contributed by atoms with Crippen molar-refractivity contribution in [2.45, 2.75) is 31.5 Å². The van der Waals surface area contributed by atoms with E-state index in [0.717, 1.165) is 60.3 Å². The van der Waals surface area contributed by atoms with Gasteiger partial charge in [-0.3, -0.25) is 19.8 Å². The predicted molar refractivity (Wildman–Crippen MR) is 132 cm³/mol. The van der Waals surface area contributed by atoms with E-state index in [-0.39, 0.29) is 24.5 Å². The van der Waals surface area contributed by atoms with Gasteiger partial charge in [-0.25, -0.2) is 4.98 Å². The number of H-pyrrole nitrogens is 1. The molecule has 0 aliphatic carbocycles. The van der Waals surface area contributed by atoms with Crippen LogP contribution in [0.1, 0.15) is 18.5 Å². The minimum absolute atomic E-state index is 0.0722. The molecule has 2 fully saturated rings. The first-order valence-electron chi connectivity index (χ1n) is 11.9. The first-order valence-corrected chi connectivity index (χ1v) is 11.9. The summed E-state index contributed by atoms with van der Waals surface area (Å²) >= 11 is 0. The maximum absolute atomic E-state index is 12.2. The summed E-state index contributed by atoms with van der Waals surface area (Å²) in [6, 6.07) is 16.3. The number of aromatic nitrogens is 4. The highest BCUT2D eigenvalue weighted by Gasteiger charge is 2.41. The second-order valence-corrected chi connectivity index (χ2v) is 9.20. The molecule has 0 radical (unpaired) electrons. The summed E-state index contributed by atoms with van der Waals surface area (Å²) < 4.78 is 5.97. The number of ether oxygens (including phenoxy) is 1. The fourth-order valence-corrected chi connectivity index (χ4v) is 5.30. The van der Waals surface area contributed by atoms with Crippen LogP contribution >= 0.6 is 0 Å². The molecule has 9 nitrogen and oxygen atoms in total. The number of hydrogen-bond acceptors (Lipinski definition) is 7. The Morgan fingerprint density at radius 2 is 1.94 bits per heavy atom. The summed E-state index contributed by atoms with van der Waals surface area (Å²) in [5.41, 5.74) is 9.43. The lowest BCUT2D eigenvalue weighted by atomic mass is 10.1. The SMILES string of the molecule is NCC(=O)N1C2CCC1CN(Cc1ccc3cc(Oc4ccc(-c5ccn[nH]5)cn4)ccc3n1)C2. The van der Waals surface area contributed by atoms with E-state index in [4.69, 9.17) is 15.5 Å².